The summed E-state index contributed by atoms with van der Waals surface area (Å²) < 4.78 is 19.4. The Morgan fingerprint density at radius 2 is 2.21 bits per heavy atom. The van der Waals surface area contributed by atoms with Crippen LogP contribution in [-0.2, 0) is 11.2 Å². The maximum absolute atomic E-state index is 14.0. The highest BCUT2D eigenvalue weighted by Gasteiger charge is 2.29. The fraction of sp³-hybridized carbons (Fsp3) is 0.500. The first-order valence-electron chi connectivity index (χ1n) is 6.94. The summed E-state index contributed by atoms with van der Waals surface area (Å²) in [4.78, 5) is 1.76. The van der Waals surface area contributed by atoms with Crippen LogP contribution in [0.25, 0.3) is 5.57 Å². The molecule has 2 heterocycles. The minimum atomic E-state index is -0.874. The van der Waals surface area contributed by atoms with Gasteiger partial charge in [0, 0.05) is 18.7 Å². The van der Waals surface area contributed by atoms with Crippen LogP contribution in [0.2, 0.25) is 0 Å². The van der Waals surface area contributed by atoms with E-state index in [2.05, 4.69) is 24.3 Å². The number of hydrogen-bond donors (Lipinski definition) is 0. The average Bonchev–Trinajstić information content (AvgIpc) is 2.45. The zero-order valence-electron chi connectivity index (χ0n) is 11.5. The predicted octanol–water partition coefficient (Wildman–Crippen LogP) is 3.41. The van der Waals surface area contributed by atoms with E-state index in [9.17, 15) is 4.39 Å². The van der Waals surface area contributed by atoms with Crippen molar-refractivity contribution in [1.29, 1.82) is 0 Å². The molecule has 0 saturated carbocycles. The molecule has 0 aliphatic carbocycles. The molecule has 1 aromatic carbocycles. The van der Waals surface area contributed by atoms with Crippen molar-refractivity contribution >= 4 is 11.3 Å². The van der Waals surface area contributed by atoms with Crippen LogP contribution in [-0.4, -0.2) is 26.6 Å². The van der Waals surface area contributed by atoms with Crippen molar-refractivity contribution in [2.24, 2.45) is 5.92 Å². The molecule has 0 fully saturated rings. The van der Waals surface area contributed by atoms with E-state index in [1.54, 1.807) is 4.90 Å². The van der Waals surface area contributed by atoms with Gasteiger partial charge in [-0.1, -0.05) is 19.1 Å². The molecule has 2 aliphatic heterocycles. The first-order chi connectivity index (χ1) is 9.16. The van der Waals surface area contributed by atoms with Crippen LogP contribution < -0.4 is 4.90 Å². The molecule has 19 heavy (non-hydrogen) atoms. The van der Waals surface area contributed by atoms with Crippen LogP contribution in [0.3, 0.4) is 0 Å². The van der Waals surface area contributed by atoms with Gasteiger partial charge in [-0.05, 0) is 41.7 Å². The summed E-state index contributed by atoms with van der Waals surface area (Å²) in [6, 6.07) is 6.39. The highest BCUT2D eigenvalue weighted by molar-refractivity contribution is 5.70. The van der Waals surface area contributed by atoms with Crippen molar-refractivity contribution in [2.45, 2.75) is 26.1 Å². The lowest BCUT2D eigenvalue weighted by Crippen LogP contribution is -2.38. The third kappa shape index (κ3) is 2.27. The van der Waals surface area contributed by atoms with E-state index in [0.29, 0.717) is 6.61 Å². The fourth-order valence-electron chi connectivity index (χ4n) is 3.04. The first kappa shape index (κ1) is 12.7. The topological polar surface area (TPSA) is 12.5 Å². The molecule has 0 bridgehead atoms. The summed E-state index contributed by atoms with van der Waals surface area (Å²) in [6.07, 6.45) is 3.06. The molecule has 0 aromatic heterocycles. The molecular weight excluding hydrogens is 241 g/mol. The third-order valence-electron chi connectivity index (χ3n) is 4.18. The molecule has 0 saturated heterocycles. The van der Waals surface area contributed by atoms with Crippen LogP contribution in [0.5, 0.6) is 0 Å². The van der Waals surface area contributed by atoms with Crippen LogP contribution in [0.1, 0.15) is 24.5 Å². The Bertz CT molecular complexity index is 511. The second kappa shape index (κ2) is 4.97. The van der Waals surface area contributed by atoms with Gasteiger partial charge in [0.2, 0.25) is 0 Å². The van der Waals surface area contributed by atoms with Gasteiger partial charge in [0.15, 0.2) is 6.30 Å². The van der Waals surface area contributed by atoms with E-state index in [4.69, 9.17) is 4.74 Å². The number of hydrogen-bond acceptors (Lipinski definition) is 2. The molecule has 2 nitrogen and oxygen atoms in total. The number of anilines is 1. The number of rotatable bonds is 1. The zero-order valence-corrected chi connectivity index (χ0v) is 11.5. The molecule has 2 atom stereocenters. The van der Waals surface area contributed by atoms with Gasteiger partial charge in [-0.2, -0.15) is 0 Å². The molecule has 0 amide bonds. The summed E-state index contributed by atoms with van der Waals surface area (Å²) in [5.74, 6) is 0.0522. The number of benzene rings is 1. The van der Waals surface area contributed by atoms with Gasteiger partial charge >= 0.3 is 0 Å². The van der Waals surface area contributed by atoms with Gasteiger partial charge in [-0.3, -0.25) is 0 Å². The summed E-state index contributed by atoms with van der Waals surface area (Å²) in [5, 5.41) is 0. The van der Waals surface area contributed by atoms with Crippen LogP contribution in [0, 0.1) is 5.92 Å². The van der Waals surface area contributed by atoms with Crippen molar-refractivity contribution in [3.05, 3.63) is 35.4 Å². The minimum Gasteiger partial charge on any atom is -0.377 e. The van der Waals surface area contributed by atoms with Crippen molar-refractivity contribution in [3.8, 4) is 0 Å². The molecule has 0 unspecified atom stereocenters. The van der Waals surface area contributed by atoms with E-state index in [1.165, 1.54) is 16.7 Å². The molecular formula is C16H20FNO. The fourth-order valence-corrected chi connectivity index (χ4v) is 3.04. The van der Waals surface area contributed by atoms with E-state index >= 15 is 0 Å². The lowest BCUT2D eigenvalue weighted by atomic mass is 9.90. The summed E-state index contributed by atoms with van der Waals surface area (Å²) >= 11 is 0. The maximum Gasteiger partial charge on any atom is 0.175 e. The number of nitrogens with zero attached hydrogens (tertiary/aromatic N) is 1. The van der Waals surface area contributed by atoms with Crippen LogP contribution >= 0.6 is 0 Å². The molecule has 3 heteroatoms. The monoisotopic (exact) mass is 261 g/mol. The molecule has 1 aromatic rings. The lowest BCUT2D eigenvalue weighted by Gasteiger charge is -2.35. The standard InChI is InChI=1S/C16H20FNO/c1-11-9-14-10-13(12-5-7-19-8-6-12)3-4-15(14)18(2)16(11)17/h3-5,10-11,16H,6-9H2,1-2H3/t11-,16-/m1/s1. The zero-order chi connectivity index (χ0) is 13.4. The Hall–Kier alpha value is -1.35. The minimum absolute atomic E-state index is 0.0522. The molecule has 0 spiro atoms. The Morgan fingerprint density at radius 1 is 1.37 bits per heavy atom. The molecule has 0 N–H and O–H groups in total. The van der Waals surface area contributed by atoms with E-state index in [0.717, 1.165) is 25.1 Å². The Kier molecular flexibility index (Phi) is 3.31. The van der Waals surface area contributed by atoms with Crippen LogP contribution in [0.15, 0.2) is 24.3 Å². The van der Waals surface area contributed by atoms with Gasteiger partial charge in [-0.25, -0.2) is 4.39 Å². The smallest absolute Gasteiger partial charge is 0.175 e. The lowest BCUT2D eigenvalue weighted by molar-refractivity contribution is 0.161. The SMILES string of the molecule is C[C@@H]1Cc2cc(C3=CCOCC3)ccc2N(C)[C@H]1F. The van der Waals surface area contributed by atoms with Crippen molar-refractivity contribution in [1.82, 2.24) is 0 Å². The number of ether oxygens (including phenoxy) is 1. The van der Waals surface area contributed by atoms with Gasteiger partial charge in [0.05, 0.1) is 13.2 Å². The molecule has 3 rings (SSSR count). The number of alkyl halides is 1. The second-order valence-corrected chi connectivity index (χ2v) is 5.56. The first-order valence-corrected chi connectivity index (χ1v) is 6.94. The average molecular weight is 261 g/mol. The van der Waals surface area contributed by atoms with Crippen molar-refractivity contribution in [3.63, 3.8) is 0 Å². The Labute approximate surface area is 113 Å². The van der Waals surface area contributed by atoms with Crippen molar-refractivity contribution in [2.75, 3.05) is 25.2 Å². The quantitative estimate of drug-likeness (QED) is 0.718. The van der Waals surface area contributed by atoms with Gasteiger partial charge in [-0.15, -0.1) is 0 Å². The van der Waals surface area contributed by atoms with E-state index < -0.39 is 6.30 Å². The van der Waals surface area contributed by atoms with Gasteiger partial charge in [0.1, 0.15) is 0 Å². The molecule has 0 radical (unpaired) electrons. The predicted molar refractivity (Wildman–Crippen MR) is 76.0 cm³/mol. The van der Waals surface area contributed by atoms with Gasteiger partial charge < -0.3 is 9.64 Å². The normalized spacial score (nSPS) is 26.9. The summed E-state index contributed by atoms with van der Waals surface area (Å²) in [5.41, 5.74) is 4.91. The van der Waals surface area contributed by atoms with E-state index in [1.807, 2.05) is 14.0 Å². The Balaban J connectivity index is 1.96. The van der Waals surface area contributed by atoms with Crippen LogP contribution in [0.4, 0.5) is 10.1 Å². The molecule has 2 aliphatic rings. The molecule has 102 valence electrons. The summed E-state index contributed by atoms with van der Waals surface area (Å²) in [7, 11) is 1.84. The number of halogens is 1. The largest absolute Gasteiger partial charge is 0.377 e. The second-order valence-electron chi connectivity index (χ2n) is 5.56. The maximum atomic E-state index is 14.0. The van der Waals surface area contributed by atoms with Gasteiger partial charge in [0.25, 0.3) is 0 Å². The number of fused-ring (bicyclic) bond motifs is 1. The van der Waals surface area contributed by atoms with E-state index in [-0.39, 0.29) is 5.92 Å². The summed E-state index contributed by atoms with van der Waals surface area (Å²) in [6.45, 7) is 3.48. The highest BCUT2D eigenvalue weighted by atomic mass is 19.1. The third-order valence-corrected chi connectivity index (χ3v) is 4.18. The van der Waals surface area contributed by atoms with Crippen molar-refractivity contribution < 1.29 is 9.13 Å². The Morgan fingerprint density at radius 3 is 2.95 bits per heavy atom. The highest BCUT2D eigenvalue weighted by Crippen LogP contribution is 2.35.